The molecule has 138 valence electrons. The van der Waals surface area contributed by atoms with Gasteiger partial charge in [0.25, 0.3) is 0 Å². The average Bonchev–Trinajstić information content (AvgIpc) is 2.69. The molecular weight excluding hydrogens is 338 g/mol. The van der Waals surface area contributed by atoms with Crippen molar-refractivity contribution in [3.8, 4) is 5.75 Å². The van der Waals surface area contributed by atoms with Gasteiger partial charge in [-0.15, -0.1) is 0 Å². The number of nitrogens with zero attached hydrogens (tertiary/aromatic N) is 3. The number of anilines is 4. The third-order valence-corrected chi connectivity index (χ3v) is 4.69. The largest absolute Gasteiger partial charge is 0.508 e. The minimum Gasteiger partial charge on any atom is -0.508 e. The predicted octanol–water partition coefficient (Wildman–Crippen LogP) is 3.73. The lowest BCUT2D eigenvalue weighted by molar-refractivity contribution is 0.474. The van der Waals surface area contributed by atoms with Crippen LogP contribution in [-0.4, -0.2) is 28.7 Å². The molecule has 3 N–H and O–H groups in total. The molecule has 6 heteroatoms. The van der Waals surface area contributed by atoms with E-state index in [9.17, 15) is 5.11 Å². The Kier molecular flexibility index (Phi) is 4.89. The van der Waals surface area contributed by atoms with Crippen molar-refractivity contribution in [2.75, 3.05) is 23.8 Å². The van der Waals surface area contributed by atoms with Crippen molar-refractivity contribution in [3.05, 3.63) is 65.9 Å². The topological polar surface area (TPSA) is 73.3 Å². The second kappa shape index (κ2) is 7.63. The van der Waals surface area contributed by atoms with E-state index in [4.69, 9.17) is 4.98 Å². The van der Waals surface area contributed by atoms with Crippen LogP contribution in [0.2, 0.25) is 0 Å². The van der Waals surface area contributed by atoms with E-state index in [0.717, 1.165) is 48.7 Å². The summed E-state index contributed by atoms with van der Waals surface area (Å²) in [6.07, 6.45) is 3.76. The van der Waals surface area contributed by atoms with E-state index >= 15 is 0 Å². The van der Waals surface area contributed by atoms with Crippen molar-refractivity contribution in [2.24, 2.45) is 0 Å². The third kappa shape index (κ3) is 3.85. The minimum atomic E-state index is 0.308. The van der Waals surface area contributed by atoms with E-state index < -0.39 is 0 Å². The van der Waals surface area contributed by atoms with Crippen molar-refractivity contribution >= 4 is 23.1 Å². The molecule has 1 aromatic heterocycles. The molecule has 0 unspecified atom stereocenters. The van der Waals surface area contributed by atoms with Gasteiger partial charge in [0.05, 0.1) is 0 Å². The van der Waals surface area contributed by atoms with Crippen LogP contribution in [0.15, 0.2) is 54.7 Å². The summed E-state index contributed by atoms with van der Waals surface area (Å²) in [5.74, 6) is 1.73. The van der Waals surface area contributed by atoms with Crippen LogP contribution in [0.5, 0.6) is 5.75 Å². The zero-order chi connectivity index (χ0) is 18.6. The number of rotatable bonds is 5. The molecule has 0 atom stereocenters. The van der Waals surface area contributed by atoms with Gasteiger partial charge in [0, 0.05) is 30.7 Å². The Balaban J connectivity index is 1.56. The molecule has 2 aromatic carbocycles. The molecule has 0 aliphatic carbocycles. The van der Waals surface area contributed by atoms with Crippen LogP contribution in [0.1, 0.15) is 17.5 Å². The van der Waals surface area contributed by atoms with E-state index in [1.54, 1.807) is 12.3 Å². The van der Waals surface area contributed by atoms with E-state index in [1.807, 2.05) is 37.4 Å². The van der Waals surface area contributed by atoms with Gasteiger partial charge in [-0.3, -0.25) is 0 Å². The first-order valence-electron chi connectivity index (χ1n) is 9.16. The molecule has 1 aliphatic rings. The highest BCUT2D eigenvalue weighted by Gasteiger charge is 2.20. The SMILES string of the molecule is CNCc1ccc(Nc2nccc(N3CCCc4cc(O)ccc43)n2)cc1. The molecule has 0 amide bonds. The molecule has 3 aromatic rings. The smallest absolute Gasteiger partial charge is 0.229 e. The highest BCUT2D eigenvalue weighted by atomic mass is 16.3. The molecule has 0 radical (unpaired) electrons. The molecule has 1 aliphatic heterocycles. The van der Waals surface area contributed by atoms with Crippen LogP contribution >= 0.6 is 0 Å². The molecule has 0 bridgehead atoms. The van der Waals surface area contributed by atoms with Gasteiger partial charge < -0.3 is 20.6 Å². The minimum absolute atomic E-state index is 0.308. The molecule has 0 saturated carbocycles. The van der Waals surface area contributed by atoms with Crippen LogP contribution in [0.4, 0.5) is 23.1 Å². The normalized spacial score (nSPS) is 13.3. The number of aryl methyl sites for hydroxylation is 1. The van der Waals surface area contributed by atoms with Crippen molar-refractivity contribution < 1.29 is 5.11 Å². The van der Waals surface area contributed by atoms with Crippen LogP contribution in [0.3, 0.4) is 0 Å². The van der Waals surface area contributed by atoms with Gasteiger partial charge in [0.15, 0.2) is 0 Å². The van der Waals surface area contributed by atoms with Crippen molar-refractivity contribution in [1.29, 1.82) is 0 Å². The molecule has 0 fully saturated rings. The first-order valence-corrected chi connectivity index (χ1v) is 9.16. The Hall–Kier alpha value is -3.12. The lowest BCUT2D eigenvalue weighted by Gasteiger charge is -2.30. The number of aromatic hydroxyl groups is 1. The number of phenolic OH excluding ortho intramolecular Hbond substituents is 1. The van der Waals surface area contributed by atoms with E-state index in [-0.39, 0.29) is 0 Å². The first-order chi connectivity index (χ1) is 13.2. The van der Waals surface area contributed by atoms with Gasteiger partial charge in [-0.1, -0.05) is 12.1 Å². The van der Waals surface area contributed by atoms with Crippen LogP contribution in [-0.2, 0) is 13.0 Å². The molecule has 27 heavy (non-hydrogen) atoms. The second-order valence-electron chi connectivity index (χ2n) is 6.66. The van der Waals surface area contributed by atoms with Gasteiger partial charge in [-0.2, -0.15) is 4.98 Å². The molecule has 4 rings (SSSR count). The van der Waals surface area contributed by atoms with Gasteiger partial charge in [-0.25, -0.2) is 4.98 Å². The van der Waals surface area contributed by atoms with Crippen molar-refractivity contribution in [2.45, 2.75) is 19.4 Å². The molecular formula is C21H23N5O. The maximum atomic E-state index is 9.75. The van der Waals surface area contributed by atoms with Crippen LogP contribution in [0, 0.1) is 0 Å². The fourth-order valence-electron chi connectivity index (χ4n) is 3.42. The van der Waals surface area contributed by atoms with Crippen molar-refractivity contribution in [1.82, 2.24) is 15.3 Å². The summed E-state index contributed by atoms with van der Waals surface area (Å²) in [5, 5.41) is 16.2. The molecule has 0 spiro atoms. The summed E-state index contributed by atoms with van der Waals surface area (Å²) in [7, 11) is 1.94. The zero-order valence-corrected chi connectivity index (χ0v) is 15.3. The number of benzene rings is 2. The Bertz CT molecular complexity index is 926. The number of hydrogen-bond donors (Lipinski definition) is 3. The Morgan fingerprint density at radius 2 is 1.96 bits per heavy atom. The maximum absolute atomic E-state index is 9.75. The zero-order valence-electron chi connectivity index (χ0n) is 15.3. The Labute approximate surface area is 158 Å². The highest BCUT2D eigenvalue weighted by Crippen LogP contribution is 2.34. The number of phenols is 1. The standard InChI is InChI=1S/C21H23N5O/c1-22-14-15-4-6-17(7-5-15)24-21-23-11-10-20(25-21)26-12-2-3-16-13-18(27)8-9-19(16)26/h4-11,13,22,27H,2-3,12,14H2,1H3,(H,23,24,25). The van der Waals surface area contributed by atoms with Gasteiger partial charge >= 0.3 is 0 Å². The second-order valence-corrected chi connectivity index (χ2v) is 6.66. The summed E-state index contributed by atoms with van der Waals surface area (Å²) in [6, 6.07) is 15.7. The van der Waals surface area contributed by atoms with Gasteiger partial charge in [-0.05, 0) is 67.4 Å². The Morgan fingerprint density at radius 3 is 2.78 bits per heavy atom. The summed E-state index contributed by atoms with van der Waals surface area (Å²) in [5.41, 5.74) is 4.43. The van der Waals surface area contributed by atoms with E-state index in [1.165, 1.54) is 5.56 Å². The Morgan fingerprint density at radius 1 is 1.11 bits per heavy atom. The quantitative estimate of drug-likeness (QED) is 0.643. The van der Waals surface area contributed by atoms with Crippen molar-refractivity contribution in [3.63, 3.8) is 0 Å². The average molecular weight is 361 g/mol. The maximum Gasteiger partial charge on any atom is 0.229 e. The number of fused-ring (bicyclic) bond motifs is 1. The summed E-state index contributed by atoms with van der Waals surface area (Å²) in [6.45, 7) is 1.74. The lowest BCUT2D eigenvalue weighted by Crippen LogP contribution is -2.25. The summed E-state index contributed by atoms with van der Waals surface area (Å²) >= 11 is 0. The lowest BCUT2D eigenvalue weighted by atomic mass is 10.0. The van der Waals surface area contributed by atoms with Gasteiger partial charge in [0.1, 0.15) is 11.6 Å². The number of hydrogen-bond acceptors (Lipinski definition) is 6. The van der Waals surface area contributed by atoms with Crippen LogP contribution in [0.25, 0.3) is 0 Å². The van der Waals surface area contributed by atoms with E-state index in [2.05, 4.69) is 32.7 Å². The summed E-state index contributed by atoms with van der Waals surface area (Å²) in [4.78, 5) is 11.2. The molecule has 2 heterocycles. The molecule has 0 saturated heterocycles. The molecule has 6 nitrogen and oxygen atoms in total. The monoisotopic (exact) mass is 361 g/mol. The first kappa shape index (κ1) is 17.3. The summed E-state index contributed by atoms with van der Waals surface area (Å²) < 4.78 is 0. The highest BCUT2D eigenvalue weighted by molar-refractivity contribution is 5.67. The number of aromatic nitrogens is 2. The fraction of sp³-hybridized carbons (Fsp3) is 0.238. The van der Waals surface area contributed by atoms with Crippen LogP contribution < -0.4 is 15.5 Å². The number of nitrogens with one attached hydrogen (secondary N) is 2. The predicted molar refractivity (Wildman–Crippen MR) is 108 cm³/mol. The fourth-order valence-corrected chi connectivity index (χ4v) is 3.42. The van der Waals surface area contributed by atoms with E-state index in [0.29, 0.717) is 11.7 Å². The van der Waals surface area contributed by atoms with Gasteiger partial charge in [0.2, 0.25) is 5.95 Å². The third-order valence-electron chi connectivity index (χ3n) is 4.69.